The average molecular weight is 348 g/mol. The number of piperazine rings is 1. The lowest BCUT2D eigenvalue weighted by Crippen LogP contribution is -2.51. The van der Waals surface area contributed by atoms with E-state index in [2.05, 4.69) is 20.4 Å². The fourth-order valence-electron chi connectivity index (χ4n) is 2.69. The maximum absolute atomic E-state index is 12.0. The Bertz CT molecular complexity index is 568. The molecule has 0 radical (unpaired) electrons. The smallest absolute Gasteiger partial charge is 0.321 e. The highest BCUT2D eigenvalue weighted by Gasteiger charge is 2.20. The first-order chi connectivity index (χ1) is 12.0. The van der Waals surface area contributed by atoms with E-state index in [4.69, 9.17) is 4.74 Å². The van der Waals surface area contributed by atoms with Crippen LogP contribution in [-0.2, 0) is 4.79 Å². The first kappa shape index (κ1) is 19.1. The molecule has 1 fully saturated rings. The molecule has 1 aromatic rings. The molecule has 1 saturated heterocycles. The number of amides is 3. The number of nitrogens with zero attached hydrogens (tertiary/aromatic N) is 2. The normalized spacial score (nSPS) is 16.2. The van der Waals surface area contributed by atoms with Crippen LogP contribution >= 0.6 is 0 Å². The van der Waals surface area contributed by atoms with Gasteiger partial charge >= 0.3 is 6.03 Å². The summed E-state index contributed by atoms with van der Waals surface area (Å²) in [5.74, 6) is 0.577. The van der Waals surface area contributed by atoms with Gasteiger partial charge in [0.1, 0.15) is 5.75 Å². The minimum absolute atomic E-state index is 0.0563. The maximum atomic E-state index is 12.0. The number of anilines is 1. The van der Waals surface area contributed by atoms with Crippen molar-refractivity contribution in [3.8, 4) is 5.75 Å². The van der Waals surface area contributed by atoms with E-state index in [1.165, 1.54) is 0 Å². The van der Waals surface area contributed by atoms with Crippen molar-refractivity contribution in [2.24, 2.45) is 0 Å². The Balaban J connectivity index is 1.74. The molecule has 7 nitrogen and oxygen atoms in total. The second-order valence-electron chi connectivity index (χ2n) is 6.29. The fourth-order valence-corrected chi connectivity index (χ4v) is 2.69. The quantitative estimate of drug-likeness (QED) is 0.814. The molecule has 2 rings (SSSR count). The van der Waals surface area contributed by atoms with Gasteiger partial charge in [0.05, 0.1) is 13.7 Å². The molecule has 1 aliphatic rings. The number of nitrogens with one attached hydrogen (secondary N) is 2. The third kappa shape index (κ3) is 5.94. The van der Waals surface area contributed by atoms with Gasteiger partial charge in [0.2, 0.25) is 5.91 Å². The molecule has 0 aliphatic carbocycles. The first-order valence-corrected chi connectivity index (χ1v) is 8.73. The zero-order chi connectivity index (χ0) is 18.2. The van der Waals surface area contributed by atoms with Gasteiger partial charge in [-0.15, -0.1) is 0 Å². The lowest BCUT2D eigenvalue weighted by atomic mass is 10.2. The van der Waals surface area contributed by atoms with Crippen molar-refractivity contribution in [2.75, 3.05) is 44.7 Å². The fraction of sp³-hybridized carbons (Fsp3) is 0.556. The molecule has 3 amide bonds. The van der Waals surface area contributed by atoms with E-state index in [1.807, 2.05) is 38.1 Å². The van der Waals surface area contributed by atoms with Gasteiger partial charge in [-0.3, -0.25) is 15.0 Å². The molecule has 0 spiro atoms. The van der Waals surface area contributed by atoms with Gasteiger partial charge in [-0.2, -0.15) is 0 Å². The van der Waals surface area contributed by atoms with Gasteiger partial charge in [0.25, 0.3) is 0 Å². The minimum atomic E-state index is -0.420. The molecular formula is C18H28N4O3. The number of methoxy groups -OCH3 is 1. The van der Waals surface area contributed by atoms with Crippen molar-refractivity contribution in [3.63, 3.8) is 0 Å². The highest BCUT2D eigenvalue weighted by Crippen LogP contribution is 2.20. The Morgan fingerprint density at radius 1 is 1.16 bits per heavy atom. The van der Waals surface area contributed by atoms with Crippen molar-refractivity contribution in [3.05, 3.63) is 24.3 Å². The van der Waals surface area contributed by atoms with Gasteiger partial charge in [-0.05, 0) is 37.6 Å². The number of hydrogen-bond donors (Lipinski definition) is 2. The van der Waals surface area contributed by atoms with Gasteiger partial charge in [-0.1, -0.05) is 6.92 Å². The summed E-state index contributed by atoms with van der Waals surface area (Å²) in [6, 6.07) is 7.62. The van der Waals surface area contributed by atoms with Gasteiger partial charge in [0, 0.05) is 37.9 Å². The first-order valence-electron chi connectivity index (χ1n) is 8.73. The van der Waals surface area contributed by atoms with Crippen molar-refractivity contribution in [2.45, 2.75) is 26.3 Å². The summed E-state index contributed by atoms with van der Waals surface area (Å²) in [6.07, 6.45) is 0.828. The van der Waals surface area contributed by atoms with Crippen LogP contribution in [0.4, 0.5) is 10.5 Å². The summed E-state index contributed by atoms with van der Waals surface area (Å²) in [6.45, 7) is 7.39. The lowest BCUT2D eigenvalue weighted by Gasteiger charge is -2.35. The van der Waals surface area contributed by atoms with Gasteiger partial charge < -0.3 is 15.0 Å². The zero-order valence-corrected chi connectivity index (χ0v) is 15.2. The van der Waals surface area contributed by atoms with E-state index in [-0.39, 0.29) is 18.5 Å². The Labute approximate surface area is 149 Å². The minimum Gasteiger partial charge on any atom is -0.497 e. The molecule has 0 unspecified atom stereocenters. The maximum Gasteiger partial charge on any atom is 0.321 e. The summed E-state index contributed by atoms with van der Waals surface area (Å²) < 4.78 is 5.18. The predicted octanol–water partition coefficient (Wildman–Crippen LogP) is 1.44. The molecule has 0 saturated carbocycles. The van der Waals surface area contributed by atoms with Crippen molar-refractivity contribution in [1.82, 2.24) is 15.5 Å². The number of imide groups is 1. The molecule has 1 atom stereocenters. The van der Waals surface area contributed by atoms with Crippen molar-refractivity contribution >= 4 is 17.6 Å². The predicted molar refractivity (Wildman–Crippen MR) is 98.1 cm³/mol. The highest BCUT2D eigenvalue weighted by atomic mass is 16.5. The summed E-state index contributed by atoms with van der Waals surface area (Å²) in [5, 5.41) is 5.12. The Morgan fingerprint density at radius 3 is 2.36 bits per heavy atom. The Hall–Kier alpha value is -2.28. The van der Waals surface area contributed by atoms with Crippen molar-refractivity contribution in [1.29, 1.82) is 0 Å². The molecule has 0 bridgehead atoms. The number of carbonyl (C=O) groups excluding carboxylic acids is 2. The van der Waals surface area contributed by atoms with E-state index in [9.17, 15) is 9.59 Å². The third-order valence-corrected chi connectivity index (χ3v) is 4.42. The van der Waals surface area contributed by atoms with E-state index in [0.29, 0.717) is 0 Å². The summed E-state index contributed by atoms with van der Waals surface area (Å²) >= 11 is 0. The molecule has 1 aromatic carbocycles. The number of hydrogen-bond acceptors (Lipinski definition) is 5. The van der Waals surface area contributed by atoms with Crippen LogP contribution in [0.3, 0.4) is 0 Å². The molecule has 25 heavy (non-hydrogen) atoms. The molecule has 138 valence electrons. The molecule has 1 aliphatic heterocycles. The highest BCUT2D eigenvalue weighted by molar-refractivity contribution is 5.95. The second-order valence-corrected chi connectivity index (χ2v) is 6.29. The Kier molecular flexibility index (Phi) is 7.06. The molecule has 1 heterocycles. The number of rotatable bonds is 6. The van der Waals surface area contributed by atoms with E-state index in [1.54, 1.807) is 7.11 Å². The lowest BCUT2D eigenvalue weighted by molar-refractivity contribution is -0.121. The van der Waals surface area contributed by atoms with Crippen molar-refractivity contribution < 1.29 is 14.3 Å². The summed E-state index contributed by atoms with van der Waals surface area (Å²) in [4.78, 5) is 28.0. The Morgan fingerprint density at radius 2 is 1.80 bits per heavy atom. The standard InChI is InChI=1S/C18H28N4O3/c1-4-14(2)19-18(24)20-17(23)13-21-9-11-22(12-10-21)15-5-7-16(25-3)8-6-15/h5-8,14H,4,9-13H2,1-3H3,(H2,19,20,23,24)/t14-/m0/s1. The van der Waals surface area contributed by atoms with Crippen LogP contribution in [0.2, 0.25) is 0 Å². The number of benzene rings is 1. The SMILES string of the molecule is CC[C@H](C)NC(=O)NC(=O)CN1CCN(c2ccc(OC)cc2)CC1. The number of carbonyl (C=O) groups is 2. The van der Waals surface area contributed by atoms with Gasteiger partial charge in [-0.25, -0.2) is 4.79 Å². The van der Waals surface area contributed by atoms with Crippen LogP contribution in [0.25, 0.3) is 0 Å². The second kappa shape index (κ2) is 9.27. The molecule has 0 aromatic heterocycles. The van der Waals surface area contributed by atoms with Gasteiger partial charge in [0.15, 0.2) is 0 Å². The van der Waals surface area contributed by atoms with E-state index < -0.39 is 6.03 Å². The van der Waals surface area contributed by atoms with Crippen LogP contribution in [0.15, 0.2) is 24.3 Å². The largest absolute Gasteiger partial charge is 0.497 e. The molecule has 7 heteroatoms. The van der Waals surface area contributed by atoms with Crippen LogP contribution in [0.1, 0.15) is 20.3 Å². The van der Waals surface area contributed by atoms with Crippen LogP contribution < -0.4 is 20.3 Å². The van der Waals surface area contributed by atoms with E-state index in [0.717, 1.165) is 44.0 Å². The number of ether oxygens (including phenoxy) is 1. The van der Waals surface area contributed by atoms with Crippen LogP contribution in [0.5, 0.6) is 5.75 Å². The van der Waals surface area contributed by atoms with E-state index >= 15 is 0 Å². The topological polar surface area (TPSA) is 73.9 Å². The molecule has 2 N–H and O–H groups in total. The molecular weight excluding hydrogens is 320 g/mol. The zero-order valence-electron chi connectivity index (χ0n) is 15.2. The monoisotopic (exact) mass is 348 g/mol. The average Bonchev–Trinajstić information content (AvgIpc) is 2.62. The summed E-state index contributed by atoms with van der Waals surface area (Å²) in [7, 11) is 1.65. The summed E-state index contributed by atoms with van der Waals surface area (Å²) in [5.41, 5.74) is 1.15. The third-order valence-electron chi connectivity index (χ3n) is 4.42. The van der Waals surface area contributed by atoms with Crippen LogP contribution in [-0.4, -0.2) is 62.7 Å². The van der Waals surface area contributed by atoms with Crippen LogP contribution in [0, 0.1) is 0 Å². The number of urea groups is 1.